The summed E-state index contributed by atoms with van der Waals surface area (Å²) in [5, 5.41) is 2.03. The van der Waals surface area contributed by atoms with Gasteiger partial charge in [0.2, 0.25) is 0 Å². The quantitative estimate of drug-likeness (QED) is 0.668. The number of benzene rings is 2. The van der Waals surface area contributed by atoms with Gasteiger partial charge < -0.3 is 11.1 Å². The summed E-state index contributed by atoms with van der Waals surface area (Å²) in [6, 6.07) is 13.0. The first-order valence-electron chi connectivity index (χ1n) is 5.53. The number of halogens is 1. The third-order valence-corrected chi connectivity index (χ3v) is 2.76. The smallest absolute Gasteiger partial charge is 0.255 e. The van der Waals surface area contributed by atoms with Crippen LogP contribution in [0.3, 0.4) is 0 Å². The van der Waals surface area contributed by atoms with Crippen molar-refractivity contribution in [2.45, 2.75) is 0 Å². The zero-order valence-corrected chi connectivity index (χ0v) is 10.6. The second-order valence-corrected chi connectivity index (χ2v) is 4.24. The van der Waals surface area contributed by atoms with Crippen molar-refractivity contribution in [2.75, 3.05) is 11.1 Å². The van der Waals surface area contributed by atoms with Crippen molar-refractivity contribution < 1.29 is 9.59 Å². The maximum atomic E-state index is 12.0. The van der Waals surface area contributed by atoms with Crippen molar-refractivity contribution in [2.24, 2.45) is 0 Å². The molecule has 4 nitrogen and oxygen atoms in total. The van der Waals surface area contributed by atoms with Gasteiger partial charge in [-0.1, -0.05) is 12.1 Å². The van der Waals surface area contributed by atoms with Gasteiger partial charge in [0.1, 0.15) is 0 Å². The van der Waals surface area contributed by atoms with Crippen LogP contribution in [0.4, 0.5) is 11.4 Å². The third-order valence-electron chi connectivity index (χ3n) is 2.56. The number of amides is 1. The summed E-state index contributed by atoms with van der Waals surface area (Å²) in [4.78, 5) is 23.2. The lowest BCUT2D eigenvalue weighted by atomic mass is 10.1. The van der Waals surface area contributed by atoms with Gasteiger partial charge in [-0.15, -0.1) is 0 Å². The van der Waals surface area contributed by atoms with Gasteiger partial charge in [-0.25, -0.2) is 0 Å². The Morgan fingerprint density at radius 2 is 1.63 bits per heavy atom. The molecule has 2 rings (SSSR count). The van der Waals surface area contributed by atoms with Gasteiger partial charge in [-0.3, -0.25) is 9.59 Å². The first-order valence-corrected chi connectivity index (χ1v) is 5.91. The molecule has 0 aromatic heterocycles. The van der Waals surface area contributed by atoms with E-state index in [-0.39, 0.29) is 11.5 Å². The van der Waals surface area contributed by atoms with Crippen LogP contribution in [-0.4, -0.2) is 11.1 Å². The fraction of sp³-hybridized carbons (Fsp3) is 0. The second kappa shape index (κ2) is 5.54. The highest BCUT2D eigenvalue weighted by Gasteiger charge is 2.12. The Balaban J connectivity index is 2.24. The van der Waals surface area contributed by atoms with Crippen molar-refractivity contribution in [3.8, 4) is 0 Å². The number of carbonyl (C=O) groups excluding carboxylic acids is 2. The average Bonchev–Trinajstić information content (AvgIpc) is 2.39. The lowest BCUT2D eigenvalue weighted by molar-refractivity contribution is 0.102. The molecule has 0 aliphatic carbocycles. The Kier molecular flexibility index (Phi) is 3.82. The van der Waals surface area contributed by atoms with Gasteiger partial charge in [0.05, 0.1) is 11.3 Å². The largest absolute Gasteiger partial charge is 0.399 e. The zero-order chi connectivity index (χ0) is 13.8. The van der Waals surface area contributed by atoms with Crippen molar-refractivity contribution in [3.05, 3.63) is 59.7 Å². The Hall–Kier alpha value is -2.33. The molecule has 96 valence electrons. The van der Waals surface area contributed by atoms with Crippen molar-refractivity contribution in [1.82, 2.24) is 0 Å². The molecule has 5 heteroatoms. The molecule has 0 unspecified atom stereocenters. The normalized spacial score (nSPS) is 9.95. The number of para-hydroxylation sites is 1. The number of carbonyl (C=O) groups is 2. The van der Waals surface area contributed by atoms with Gasteiger partial charge in [0.15, 0.2) is 0 Å². The number of hydrogen-bond donors (Lipinski definition) is 2. The maximum absolute atomic E-state index is 12.0. The molecule has 2 aromatic carbocycles. The minimum Gasteiger partial charge on any atom is -0.399 e. The van der Waals surface area contributed by atoms with Crippen LogP contribution in [0.1, 0.15) is 20.7 Å². The SMILES string of the molecule is Nc1ccc(C(=O)Nc2ccccc2C(=O)Cl)cc1. The topological polar surface area (TPSA) is 72.2 Å². The standard InChI is InChI=1S/C14H11ClN2O2/c15-13(18)11-3-1-2-4-12(11)17-14(19)9-5-7-10(16)8-6-9/h1-8H,16H2,(H,17,19). The van der Waals surface area contributed by atoms with Gasteiger partial charge >= 0.3 is 0 Å². The van der Waals surface area contributed by atoms with Crippen LogP contribution in [0, 0.1) is 0 Å². The van der Waals surface area contributed by atoms with Gasteiger partial charge in [-0.05, 0) is 48.0 Å². The molecular weight excluding hydrogens is 264 g/mol. The maximum Gasteiger partial charge on any atom is 0.255 e. The number of nitrogens with two attached hydrogens (primary N) is 1. The lowest BCUT2D eigenvalue weighted by Crippen LogP contribution is -2.13. The van der Waals surface area contributed by atoms with E-state index in [0.717, 1.165) is 0 Å². The summed E-state index contributed by atoms with van der Waals surface area (Å²) in [7, 11) is 0. The van der Waals surface area contributed by atoms with Crippen LogP contribution in [0.2, 0.25) is 0 Å². The molecule has 0 aliphatic rings. The van der Waals surface area contributed by atoms with E-state index in [0.29, 0.717) is 16.9 Å². The summed E-state index contributed by atoms with van der Waals surface area (Å²) in [6.45, 7) is 0. The highest BCUT2D eigenvalue weighted by atomic mass is 35.5. The molecule has 0 radical (unpaired) electrons. The first-order chi connectivity index (χ1) is 9.08. The van der Waals surface area contributed by atoms with E-state index in [4.69, 9.17) is 17.3 Å². The second-order valence-electron chi connectivity index (χ2n) is 3.90. The predicted molar refractivity (Wildman–Crippen MR) is 75.4 cm³/mol. The van der Waals surface area contributed by atoms with Crippen LogP contribution in [0.5, 0.6) is 0 Å². The summed E-state index contributed by atoms with van der Waals surface area (Å²) in [5.74, 6) is -0.328. The molecule has 0 atom stereocenters. The van der Waals surface area contributed by atoms with Crippen LogP contribution in [-0.2, 0) is 0 Å². The monoisotopic (exact) mass is 274 g/mol. The molecule has 3 N–H and O–H groups in total. The van der Waals surface area contributed by atoms with Crippen LogP contribution in [0.25, 0.3) is 0 Å². The summed E-state index contributed by atoms with van der Waals surface area (Å²) < 4.78 is 0. The van der Waals surface area contributed by atoms with E-state index in [9.17, 15) is 9.59 Å². The number of anilines is 2. The van der Waals surface area contributed by atoms with E-state index in [2.05, 4.69) is 5.32 Å². The van der Waals surface area contributed by atoms with Gasteiger partial charge in [-0.2, -0.15) is 0 Å². The molecular formula is C14H11ClN2O2. The van der Waals surface area contributed by atoms with Crippen molar-refractivity contribution in [3.63, 3.8) is 0 Å². The molecule has 0 saturated heterocycles. The molecule has 0 fully saturated rings. The third kappa shape index (κ3) is 3.11. The van der Waals surface area contributed by atoms with Crippen LogP contribution >= 0.6 is 11.6 Å². The van der Waals surface area contributed by atoms with Crippen molar-refractivity contribution in [1.29, 1.82) is 0 Å². The minimum atomic E-state index is -0.617. The van der Waals surface area contributed by atoms with Gasteiger partial charge in [0, 0.05) is 11.3 Å². The molecule has 2 aromatic rings. The van der Waals surface area contributed by atoms with E-state index in [1.165, 1.54) is 0 Å². The van der Waals surface area contributed by atoms with E-state index >= 15 is 0 Å². The van der Waals surface area contributed by atoms with Crippen LogP contribution < -0.4 is 11.1 Å². The Bertz CT molecular complexity index is 624. The number of nitrogens with one attached hydrogen (secondary N) is 1. The highest BCUT2D eigenvalue weighted by Crippen LogP contribution is 2.18. The Morgan fingerprint density at radius 1 is 1.00 bits per heavy atom. The number of hydrogen-bond acceptors (Lipinski definition) is 3. The molecule has 0 saturated carbocycles. The summed E-state index contributed by atoms with van der Waals surface area (Å²) in [6.07, 6.45) is 0. The fourth-order valence-electron chi connectivity index (χ4n) is 1.59. The molecule has 0 aliphatic heterocycles. The van der Waals surface area contributed by atoms with E-state index in [1.807, 2.05) is 0 Å². The lowest BCUT2D eigenvalue weighted by Gasteiger charge is -2.08. The predicted octanol–water partition coefficient (Wildman–Crippen LogP) is 2.90. The molecule has 19 heavy (non-hydrogen) atoms. The summed E-state index contributed by atoms with van der Waals surface area (Å²) in [5.41, 5.74) is 7.21. The highest BCUT2D eigenvalue weighted by molar-refractivity contribution is 6.68. The minimum absolute atomic E-state index is 0.257. The number of nitrogen functional groups attached to an aromatic ring is 1. The fourth-order valence-corrected chi connectivity index (χ4v) is 1.76. The average molecular weight is 275 g/mol. The first kappa shape index (κ1) is 13.1. The molecule has 1 amide bonds. The summed E-state index contributed by atoms with van der Waals surface area (Å²) >= 11 is 5.45. The molecule has 0 bridgehead atoms. The van der Waals surface area contributed by atoms with Gasteiger partial charge in [0.25, 0.3) is 11.1 Å². The zero-order valence-electron chi connectivity index (χ0n) is 9.89. The van der Waals surface area contributed by atoms with Crippen LogP contribution in [0.15, 0.2) is 48.5 Å². The van der Waals surface area contributed by atoms with E-state index < -0.39 is 5.24 Å². The molecule has 0 heterocycles. The number of rotatable bonds is 3. The van der Waals surface area contributed by atoms with Crippen molar-refractivity contribution >= 4 is 34.1 Å². The Morgan fingerprint density at radius 3 is 2.26 bits per heavy atom. The van der Waals surface area contributed by atoms with E-state index in [1.54, 1.807) is 48.5 Å². The molecule has 0 spiro atoms. The Labute approximate surface area is 115 Å².